The average molecular weight is 349 g/mol. The predicted octanol–water partition coefficient (Wildman–Crippen LogP) is 2.08. The Labute approximate surface area is 149 Å². The fourth-order valence-corrected chi connectivity index (χ4v) is 3.01. The molecule has 0 saturated carbocycles. The highest BCUT2D eigenvalue weighted by Crippen LogP contribution is 2.32. The fourth-order valence-electron chi connectivity index (χ4n) is 3.01. The lowest BCUT2D eigenvalue weighted by Gasteiger charge is -2.20. The van der Waals surface area contributed by atoms with E-state index in [9.17, 15) is 14.4 Å². The van der Waals surface area contributed by atoms with Crippen LogP contribution in [0.5, 0.6) is 5.75 Å². The second-order valence-corrected chi connectivity index (χ2v) is 5.98. The molecule has 0 aliphatic carbocycles. The zero-order valence-corrected chi connectivity index (χ0v) is 13.7. The molecule has 0 spiro atoms. The van der Waals surface area contributed by atoms with Gasteiger partial charge in [0.25, 0.3) is 11.8 Å². The van der Waals surface area contributed by atoms with E-state index in [0.29, 0.717) is 28.4 Å². The van der Waals surface area contributed by atoms with E-state index in [0.717, 1.165) is 5.56 Å². The van der Waals surface area contributed by atoms with Gasteiger partial charge in [0.1, 0.15) is 12.3 Å². The van der Waals surface area contributed by atoms with Crippen molar-refractivity contribution in [3.05, 3.63) is 60.2 Å². The number of carbonyl (C=O) groups excluding carboxylic acids is 3. The standard InChI is InChI=1S/C19H15N3O4/c1-11-13-4-2-3-5-14(13)19(25)22(11)9-17(23)20-12-6-7-16-15(8-12)21-18(24)10-26-16/h2-8H,1,9-10H2,(H,20,23)(H,21,24). The first kappa shape index (κ1) is 15.9. The van der Waals surface area contributed by atoms with Gasteiger partial charge in [0.2, 0.25) is 5.91 Å². The Bertz CT molecular complexity index is 932. The monoisotopic (exact) mass is 349 g/mol. The quantitative estimate of drug-likeness (QED) is 0.888. The van der Waals surface area contributed by atoms with Gasteiger partial charge in [-0.1, -0.05) is 24.8 Å². The van der Waals surface area contributed by atoms with Crippen molar-refractivity contribution in [2.75, 3.05) is 23.8 Å². The Morgan fingerprint density at radius 2 is 1.96 bits per heavy atom. The summed E-state index contributed by atoms with van der Waals surface area (Å²) in [7, 11) is 0. The molecule has 0 unspecified atom stereocenters. The van der Waals surface area contributed by atoms with Gasteiger partial charge in [-0.25, -0.2) is 0 Å². The molecule has 2 aliphatic heterocycles. The Morgan fingerprint density at radius 3 is 2.73 bits per heavy atom. The molecule has 0 bridgehead atoms. The number of benzene rings is 2. The second-order valence-electron chi connectivity index (χ2n) is 5.98. The number of hydrogen-bond acceptors (Lipinski definition) is 4. The molecule has 7 heteroatoms. The molecule has 0 radical (unpaired) electrons. The first-order valence-corrected chi connectivity index (χ1v) is 7.99. The maximum Gasteiger partial charge on any atom is 0.262 e. The highest BCUT2D eigenvalue weighted by Gasteiger charge is 2.31. The summed E-state index contributed by atoms with van der Waals surface area (Å²) in [4.78, 5) is 37.6. The zero-order chi connectivity index (χ0) is 18.3. The van der Waals surface area contributed by atoms with Crippen LogP contribution in [0.2, 0.25) is 0 Å². The molecule has 0 saturated heterocycles. The van der Waals surface area contributed by atoms with Crippen LogP contribution in [0.3, 0.4) is 0 Å². The van der Waals surface area contributed by atoms with Crippen molar-refractivity contribution in [3.63, 3.8) is 0 Å². The van der Waals surface area contributed by atoms with Gasteiger partial charge in [0.15, 0.2) is 6.61 Å². The molecule has 2 aromatic rings. The molecular formula is C19H15N3O4. The smallest absolute Gasteiger partial charge is 0.262 e. The summed E-state index contributed by atoms with van der Waals surface area (Å²) in [6, 6.07) is 12.1. The third kappa shape index (κ3) is 2.69. The van der Waals surface area contributed by atoms with Crippen LogP contribution in [0.1, 0.15) is 15.9 Å². The van der Waals surface area contributed by atoms with Crippen LogP contribution < -0.4 is 15.4 Å². The Hall–Kier alpha value is -3.61. The fraction of sp³-hybridized carbons (Fsp3) is 0.105. The van der Waals surface area contributed by atoms with Crippen LogP contribution in [-0.2, 0) is 9.59 Å². The van der Waals surface area contributed by atoms with Gasteiger partial charge in [-0.05, 0) is 24.3 Å². The largest absolute Gasteiger partial charge is 0.482 e. The van der Waals surface area contributed by atoms with E-state index >= 15 is 0 Å². The molecule has 2 N–H and O–H groups in total. The summed E-state index contributed by atoms with van der Waals surface area (Å²) >= 11 is 0. The van der Waals surface area contributed by atoms with Crippen LogP contribution in [0.15, 0.2) is 49.0 Å². The van der Waals surface area contributed by atoms with Crippen LogP contribution in [0.4, 0.5) is 11.4 Å². The molecule has 0 fully saturated rings. The molecule has 0 aromatic heterocycles. The van der Waals surface area contributed by atoms with Crippen molar-refractivity contribution in [2.24, 2.45) is 0 Å². The van der Waals surface area contributed by atoms with Gasteiger partial charge in [-0.3, -0.25) is 19.3 Å². The molecule has 0 atom stereocenters. The SMILES string of the molecule is C=C1c2ccccc2C(=O)N1CC(=O)Nc1ccc2c(c1)NC(=O)CO2. The number of fused-ring (bicyclic) bond motifs is 2. The topological polar surface area (TPSA) is 87.7 Å². The molecule has 3 amide bonds. The summed E-state index contributed by atoms with van der Waals surface area (Å²) in [6.45, 7) is 3.74. The van der Waals surface area contributed by atoms with Crippen molar-refractivity contribution in [2.45, 2.75) is 0 Å². The Balaban J connectivity index is 1.47. The summed E-state index contributed by atoms with van der Waals surface area (Å²) in [5, 5.41) is 5.40. The Kier molecular flexibility index (Phi) is 3.69. The van der Waals surface area contributed by atoms with E-state index in [1.807, 2.05) is 6.07 Å². The molecule has 2 aromatic carbocycles. The summed E-state index contributed by atoms with van der Waals surface area (Å²) in [5.74, 6) is -0.319. The number of carbonyl (C=O) groups is 3. The van der Waals surface area contributed by atoms with Crippen molar-refractivity contribution in [3.8, 4) is 5.75 Å². The van der Waals surface area contributed by atoms with Crippen LogP contribution >= 0.6 is 0 Å². The van der Waals surface area contributed by atoms with Crippen molar-refractivity contribution < 1.29 is 19.1 Å². The van der Waals surface area contributed by atoms with Crippen molar-refractivity contribution in [1.82, 2.24) is 4.90 Å². The Morgan fingerprint density at radius 1 is 1.19 bits per heavy atom. The van der Waals surface area contributed by atoms with E-state index in [1.165, 1.54) is 4.90 Å². The van der Waals surface area contributed by atoms with E-state index in [4.69, 9.17) is 4.74 Å². The van der Waals surface area contributed by atoms with Gasteiger partial charge in [0.05, 0.1) is 5.69 Å². The van der Waals surface area contributed by atoms with E-state index in [1.54, 1.807) is 36.4 Å². The molecule has 2 aliphatic rings. The summed E-state index contributed by atoms with van der Waals surface area (Å²) in [6.07, 6.45) is 0. The number of anilines is 2. The lowest BCUT2D eigenvalue weighted by atomic mass is 10.1. The lowest BCUT2D eigenvalue weighted by molar-refractivity contribution is -0.118. The lowest BCUT2D eigenvalue weighted by Crippen LogP contribution is -2.32. The van der Waals surface area contributed by atoms with Gasteiger partial charge >= 0.3 is 0 Å². The number of ether oxygens (including phenoxy) is 1. The number of nitrogens with zero attached hydrogens (tertiary/aromatic N) is 1. The van der Waals surface area contributed by atoms with E-state index < -0.39 is 0 Å². The normalized spacial score (nSPS) is 15.1. The first-order chi connectivity index (χ1) is 12.5. The van der Waals surface area contributed by atoms with E-state index in [2.05, 4.69) is 17.2 Å². The second kappa shape index (κ2) is 6.03. The molecule has 2 heterocycles. The highest BCUT2D eigenvalue weighted by molar-refractivity contribution is 6.11. The van der Waals surface area contributed by atoms with Crippen molar-refractivity contribution >= 4 is 34.8 Å². The van der Waals surface area contributed by atoms with Gasteiger partial charge < -0.3 is 15.4 Å². The minimum absolute atomic E-state index is 0.0293. The predicted molar refractivity (Wildman–Crippen MR) is 95.7 cm³/mol. The molecule has 4 rings (SSSR count). The minimum Gasteiger partial charge on any atom is -0.482 e. The van der Waals surface area contributed by atoms with E-state index in [-0.39, 0.29) is 30.9 Å². The zero-order valence-electron chi connectivity index (χ0n) is 13.7. The van der Waals surface area contributed by atoms with Crippen LogP contribution in [0.25, 0.3) is 5.70 Å². The third-order valence-corrected chi connectivity index (χ3v) is 4.24. The van der Waals surface area contributed by atoms with Gasteiger partial charge in [-0.2, -0.15) is 0 Å². The van der Waals surface area contributed by atoms with Crippen molar-refractivity contribution in [1.29, 1.82) is 0 Å². The molecule has 7 nitrogen and oxygen atoms in total. The summed E-state index contributed by atoms with van der Waals surface area (Å²) < 4.78 is 5.28. The molecular weight excluding hydrogens is 334 g/mol. The average Bonchev–Trinajstić information content (AvgIpc) is 2.87. The maximum absolute atomic E-state index is 12.4. The van der Waals surface area contributed by atoms with Crippen LogP contribution in [-0.4, -0.2) is 35.8 Å². The third-order valence-electron chi connectivity index (χ3n) is 4.24. The summed E-state index contributed by atoms with van der Waals surface area (Å²) in [5.41, 5.74) is 2.77. The number of rotatable bonds is 3. The first-order valence-electron chi connectivity index (χ1n) is 7.99. The minimum atomic E-state index is -0.365. The maximum atomic E-state index is 12.4. The van der Waals surface area contributed by atoms with Gasteiger partial charge in [-0.15, -0.1) is 0 Å². The number of amides is 3. The number of nitrogens with one attached hydrogen (secondary N) is 2. The molecule has 130 valence electrons. The molecule has 26 heavy (non-hydrogen) atoms. The number of hydrogen-bond donors (Lipinski definition) is 2. The highest BCUT2D eigenvalue weighted by atomic mass is 16.5. The van der Waals surface area contributed by atoms with Crippen LogP contribution in [0, 0.1) is 0 Å². The van der Waals surface area contributed by atoms with Gasteiger partial charge in [0, 0.05) is 22.5 Å².